The Morgan fingerprint density at radius 3 is 1.90 bits per heavy atom. The number of carbonyl (C=O) groups is 2. The van der Waals surface area contributed by atoms with Gasteiger partial charge in [0, 0.05) is 43.7 Å². The molecule has 2 aromatic carbocycles. The van der Waals surface area contributed by atoms with Gasteiger partial charge < -0.3 is 19.1 Å². The molecular formula is C65H96N4O8S. The monoisotopic (exact) mass is 1090 g/mol. The SMILES string of the molecule is COC(=O)C[C@H](c1ccnc(OCC2CCN(c3cc(OC)ccc3C(=O)N(CC(C)(C)CCCCCCCCCCCCCCCCCCCCCCOS(=O)(=O)Cc3ccccc3)c3cccc(C)n3)CC2)c1)C1CC1. The number of aryl methyl sites for hydroxylation is 1. The number of pyridine rings is 2. The van der Waals surface area contributed by atoms with Crippen molar-refractivity contribution in [2.45, 2.75) is 199 Å². The molecule has 1 atom stereocenters. The quantitative estimate of drug-likeness (QED) is 0.0240. The maximum atomic E-state index is 15.0. The molecule has 12 nitrogen and oxygen atoms in total. The van der Waals surface area contributed by atoms with Gasteiger partial charge in [-0.3, -0.25) is 18.7 Å². The molecule has 1 saturated carbocycles. The summed E-state index contributed by atoms with van der Waals surface area (Å²) < 4.78 is 46.6. The van der Waals surface area contributed by atoms with E-state index in [-0.39, 0.29) is 35.6 Å². The minimum atomic E-state index is -3.51. The Kier molecular flexibility index (Phi) is 26.7. The zero-order valence-electron chi connectivity index (χ0n) is 48.4. The number of piperidine rings is 1. The van der Waals surface area contributed by atoms with Crippen LogP contribution in [0.5, 0.6) is 11.6 Å². The molecule has 2 fully saturated rings. The third-order valence-electron chi connectivity index (χ3n) is 16.0. The summed E-state index contributed by atoms with van der Waals surface area (Å²) in [6, 6.07) is 25.0. The average Bonchev–Trinajstić information content (AvgIpc) is 4.32. The van der Waals surface area contributed by atoms with Gasteiger partial charge in [-0.05, 0) is 110 Å². The zero-order valence-corrected chi connectivity index (χ0v) is 49.2. The third kappa shape index (κ3) is 22.6. The van der Waals surface area contributed by atoms with E-state index in [1.807, 2.05) is 90.7 Å². The number of hydrogen-bond acceptors (Lipinski definition) is 11. The molecule has 2 aliphatic rings. The van der Waals surface area contributed by atoms with Crippen molar-refractivity contribution in [3.63, 3.8) is 0 Å². The maximum absolute atomic E-state index is 15.0. The molecule has 78 heavy (non-hydrogen) atoms. The smallest absolute Gasteiger partial charge is 0.306 e. The number of carbonyl (C=O) groups excluding carboxylic acids is 2. The van der Waals surface area contributed by atoms with Crippen LogP contribution in [0.4, 0.5) is 11.5 Å². The first kappa shape index (κ1) is 62.2. The van der Waals surface area contributed by atoms with Crippen molar-refractivity contribution in [3.05, 3.63) is 107 Å². The van der Waals surface area contributed by atoms with Crippen molar-refractivity contribution in [2.24, 2.45) is 17.3 Å². The summed E-state index contributed by atoms with van der Waals surface area (Å²) in [6.07, 6.45) is 32.4. The Labute approximate surface area is 470 Å². The lowest BCUT2D eigenvalue weighted by Gasteiger charge is -2.36. The van der Waals surface area contributed by atoms with Crippen molar-refractivity contribution in [3.8, 4) is 11.6 Å². The normalized spacial score (nSPS) is 14.6. The number of hydrogen-bond donors (Lipinski definition) is 0. The van der Waals surface area contributed by atoms with E-state index in [1.54, 1.807) is 13.3 Å². The van der Waals surface area contributed by atoms with E-state index in [2.05, 4.69) is 23.7 Å². The summed E-state index contributed by atoms with van der Waals surface area (Å²) in [5.74, 6) is 2.69. The number of amides is 1. The van der Waals surface area contributed by atoms with Gasteiger partial charge in [0.05, 0.1) is 45.1 Å². The minimum absolute atomic E-state index is 0.0423. The lowest BCUT2D eigenvalue weighted by atomic mass is 9.85. The van der Waals surface area contributed by atoms with Crippen molar-refractivity contribution in [1.82, 2.24) is 9.97 Å². The summed E-state index contributed by atoms with van der Waals surface area (Å²) in [5, 5.41) is 0. The van der Waals surface area contributed by atoms with E-state index in [1.165, 1.54) is 110 Å². The number of ether oxygens (including phenoxy) is 3. The molecule has 1 aliphatic heterocycles. The summed E-state index contributed by atoms with van der Waals surface area (Å²) in [4.78, 5) is 40.8. The number of unbranched alkanes of at least 4 members (excludes halogenated alkanes) is 19. The van der Waals surface area contributed by atoms with Gasteiger partial charge in [-0.25, -0.2) is 9.97 Å². The van der Waals surface area contributed by atoms with Crippen LogP contribution < -0.4 is 19.3 Å². The standard InChI is InChI=1S/C65H96N4O8S/c1-52-30-29-33-61(67-52)69(64(71)58-37-36-57(74-4)47-60(58)68-43-39-53(40-44-68)49-76-62-46-56(38-42-66-62)59(55-34-35-55)48-63(70)75-5)51-65(2,3)41-27-22-20-18-16-14-12-10-8-6-7-9-11-13-15-17-19-21-23-28-45-77-78(72,73)50-54-31-25-24-26-32-54/h24-26,29-33,36-38,42,46-47,53,55,59H,6-23,27-28,34-35,39-41,43-45,48-51H2,1-5H3/t59-/m0/s1. The largest absolute Gasteiger partial charge is 0.497 e. The van der Waals surface area contributed by atoms with Crippen LogP contribution in [0, 0.1) is 24.2 Å². The van der Waals surface area contributed by atoms with E-state index in [9.17, 15) is 18.0 Å². The predicted octanol–water partition coefficient (Wildman–Crippen LogP) is 15.6. The first-order valence-electron chi connectivity index (χ1n) is 30.1. The molecule has 0 N–H and O–H groups in total. The van der Waals surface area contributed by atoms with Gasteiger partial charge in [-0.15, -0.1) is 0 Å². The van der Waals surface area contributed by atoms with Crippen molar-refractivity contribution < 1.29 is 36.4 Å². The lowest BCUT2D eigenvalue weighted by Crippen LogP contribution is -2.41. The Hall–Kier alpha value is -5.01. The second-order valence-corrected chi connectivity index (χ2v) is 24.9. The molecule has 0 unspecified atom stereocenters. The Bertz CT molecular complexity index is 2470. The fourth-order valence-electron chi connectivity index (χ4n) is 11.2. The molecule has 13 heteroatoms. The van der Waals surface area contributed by atoms with E-state index in [0.717, 1.165) is 99.1 Å². The molecule has 0 spiro atoms. The summed E-state index contributed by atoms with van der Waals surface area (Å²) in [5.41, 5.74) is 4.17. The fraction of sp³-hybridized carbons (Fsp3) is 0.631. The maximum Gasteiger partial charge on any atom is 0.306 e. The molecule has 1 aliphatic carbocycles. The molecule has 4 aromatic rings. The topological polar surface area (TPSA) is 137 Å². The average molecular weight is 1090 g/mol. The van der Waals surface area contributed by atoms with Crippen LogP contribution in [0.2, 0.25) is 0 Å². The van der Waals surface area contributed by atoms with Gasteiger partial charge in [0.25, 0.3) is 16.0 Å². The highest BCUT2D eigenvalue weighted by Gasteiger charge is 2.35. The van der Waals surface area contributed by atoms with Gasteiger partial charge in [-0.1, -0.05) is 172 Å². The molecule has 430 valence electrons. The molecule has 0 radical (unpaired) electrons. The molecule has 0 bridgehead atoms. The van der Waals surface area contributed by atoms with Crippen molar-refractivity contribution in [1.29, 1.82) is 0 Å². The highest BCUT2D eigenvalue weighted by atomic mass is 32.2. The Balaban J connectivity index is 0.831. The van der Waals surface area contributed by atoms with Gasteiger partial charge in [0.1, 0.15) is 17.3 Å². The number of nitrogens with zero attached hydrogens (tertiary/aromatic N) is 4. The first-order chi connectivity index (χ1) is 37.8. The number of benzene rings is 2. The van der Waals surface area contributed by atoms with E-state index in [4.69, 9.17) is 23.4 Å². The zero-order chi connectivity index (χ0) is 55.4. The van der Waals surface area contributed by atoms with Crippen LogP contribution in [-0.4, -0.2) is 77.3 Å². The highest BCUT2D eigenvalue weighted by Crippen LogP contribution is 2.45. The first-order valence-corrected chi connectivity index (χ1v) is 31.7. The van der Waals surface area contributed by atoms with Crippen LogP contribution in [0.3, 0.4) is 0 Å². The van der Waals surface area contributed by atoms with Crippen LogP contribution >= 0.6 is 0 Å². The Morgan fingerprint density at radius 2 is 1.32 bits per heavy atom. The predicted molar refractivity (Wildman–Crippen MR) is 316 cm³/mol. The Morgan fingerprint density at radius 1 is 0.718 bits per heavy atom. The number of aromatic nitrogens is 2. The van der Waals surface area contributed by atoms with Crippen molar-refractivity contribution in [2.75, 3.05) is 56.9 Å². The molecule has 6 rings (SSSR count). The fourth-order valence-corrected chi connectivity index (χ4v) is 12.2. The number of rotatable bonds is 39. The summed E-state index contributed by atoms with van der Waals surface area (Å²) >= 11 is 0. The van der Waals surface area contributed by atoms with Gasteiger partial charge in [0.2, 0.25) is 5.88 Å². The van der Waals surface area contributed by atoms with Gasteiger partial charge in [0.15, 0.2) is 0 Å². The summed E-state index contributed by atoms with van der Waals surface area (Å²) in [6.45, 7) is 9.55. The highest BCUT2D eigenvalue weighted by molar-refractivity contribution is 7.85. The second-order valence-electron chi connectivity index (χ2n) is 23.3. The van der Waals surface area contributed by atoms with Crippen LogP contribution in [0.1, 0.15) is 214 Å². The van der Waals surface area contributed by atoms with E-state index in [0.29, 0.717) is 48.7 Å². The molecule has 3 heterocycles. The lowest BCUT2D eigenvalue weighted by molar-refractivity contribution is -0.141. The molecule has 1 saturated heterocycles. The number of esters is 1. The molecule has 1 amide bonds. The molecular weight excluding hydrogens is 997 g/mol. The minimum Gasteiger partial charge on any atom is -0.497 e. The van der Waals surface area contributed by atoms with E-state index < -0.39 is 10.1 Å². The number of methoxy groups -OCH3 is 2. The number of anilines is 2. The second kappa shape index (κ2) is 33.5. The van der Waals surface area contributed by atoms with Crippen LogP contribution in [0.15, 0.2) is 85.1 Å². The van der Waals surface area contributed by atoms with Crippen molar-refractivity contribution >= 4 is 33.5 Å². The van der Waals surface area contributed by atoms with Crippen LogP contribution in [0.25, 0.3) is 0 Å². The van der Waals surface area contributed by atoms with Gasteiger partial charge >= 0.3 is 5.97 Å². The van der Waals surface area contributed by atoms with Gasteiger partial charge in [-0.2, -0.15) is 8.42 Å². The third-order valence-corrected chi connectivity index (χ3v) is 17.2. The van der Waals surface area contributed by atoms with Crippen LogP contribution in [-0.2, 0) is 29.6 Å². The van der Waals surface area contributed by atoms with E-state index >= 15 is 0 Å². The summed E-state index contributed by atoms with van der Waals surface area (Å²) in [7, 11) is -0.385. The molecule has 2 aromatic heterocycles.